The minimum absolute atomic E-state index is 0.257. The zero-order chi connectivity index (χ0) is 17.1. The van der Waals surface area contributed by atoms with Gasteiger partial charge in [-0.05, 0) is 36.4 Å². The first-order valence-corrected chi connectivity index (χ1v) is 7.06. The summed E-state index contributed by atoms with van der Waals surface area (Å²) >= 11 is 0. The first-order valence-electron chi connectivity index (χ1n) is 7.06. The second-order valence-electron chi connectivity index (χ2n) is 4.80. The molecule has 2 aromatic carbocycles. The van der Waals surface area contributed by atoms with Crippen LogP contribution in [0, 0.1) is 5.82 Å². The Kier molecular flexibility index (Phi) is 4.33. The van der Waals surface area contributed by atoms with Gasteiger partial charge in [-0.2, -0.15) is 0 Å². The Morgan fingerprint density at radius 3 is 2.08 bits per heavy atom. The summed E-state index contributed by atoms with van der Waals surface area (Å²) in [5.41, 5.74) is 1.19. The van der Waals surface area contributed by atoms with Crippen molar-refractivity contribution in [3.63, 3.8) is 0 Å². The third kappa shape index (κ3) is 2.76. The van der Waals surface area contributed by atoms with Crippen molar-refractivity contribution in [2.24, 2.45) is 0 Å². The van der Waals surface area contributed by atoms with Crippen LogP contribution in [0.1, 0.15) is 0 Å². The van der Waals surface area contributed by atoms with E-state index < -0.39 is 0 Å². The van der Waals surface area contributed by atoms with Gasteiger partial charge >= 0.3 is 0 Å². The zero-order valence-corrected chi connectivity index (χ0v) is 13.4. The van der Waals surface area contributed by atoms with Crippen molar-refractivity contribution >= 4 is 0 Å². The lowest BCUT2D eigenvalue weighted by Crippen LogP contribution is -1.97. The topological polar surface area (TPSA) is 66.6 Å². The molecular weight excluding hydrogens is 315 g/mol. The Hall–Kier alpha value is -3.09. The third-order valence-corrected chi connectivity index (χ3v) is 3.45. The van der Waals surface area contributed by atoms with Crippen LogP contribution in [0.2, 0.25) is 0 Å². The molecule has 0 saturated heterocycles. The van der Waals surface area contributed by atoms with Crippen LogP contribution >= 0.6 is 0 Å². The van der Waals surface area contributed by atoms with Crippen LogP contribution in [-0.2, 0) is 0 Å². The monoisotopic (exact) mass is 330 g/mol. The number of halogens is 1. The Morgan fingerprint density at radius 1 is 0.792 bits per heavy atom. The molecule has 24 heavy (non-hydrogen) atoms. The van der Waals surface area contributed by atoms with Gasteiger partial charge in [-0.25, -0.2) is 4.39 Å². The van der Waals surface area contributed by atoms with Gasteiger partial charge in [0.2, 0.25) is 11.6 Å². The van der Waals surface area contributed by atoms with Crippen molar-refractivity contribution in [3.05, 3.63) is 42.2 Å². The number of hydrogen-bond acceptors (Lipinski definition) is 6. The highest BCUT2D eigenvalue weighted by atomic mass is 19.1. The summed E-state index contributed by atoms with van der Waals surface area (Å²) in [6.07, 6.45) is 0. The highest BCUT2D eigenvalue weighted by molar-refractivity contribution is 5.71. The Labute approximate surface area is 137 Å². The van der Waals surface area contributed by atoms with Gasteiger partial charge in [-0.3, -0.25) is 0 Å². The first kappa shape index (κ1) is 15.8. The standard InChI is InChI=1S/C17H15FN2O4/c1-21-13-9-8-12(14(22-2)15(13)23-3)17-20-19-16(24-17)10-4-6-11(18)7-5-10/h4-9H,1-3H3. The average Bonchev–Trinajstić information content (AvgIpc) is 3.10. The number of hydrogen-bond donors (Lipinski definition) is 0. The van der Waals surface area contributed by atoms with E-state index in [9.17, 15) is 4.39 Å². The molecule has 6 nitrogen and oxygen atoms in total. The lowest BCUT2D eigenvalue weighted by atomic mass is 10.1. The van der Waals surface area contributed by atoms with Gasteiger partial charge in [0.1, 0.15) is 5.82 Å². The van der Waals surface area contributed by atoms with Crippen LogP contribution in [-0.4, -0.2) is 31.5 Å². The van der Waals surface area contributed by atoms with E-state index in [-0.39, 0.29) is 17.6 Å². The Balaban J connectivity index is 2.05. The van der Waals surface area contributed by atoms with Crippen LogP contribution in [0.25, 0.3) is 22.9 Å². The van der Waals surface area contributed by atoms with E-state index >= 15 is 0 Å². The quantitative estimate of drug-likeness (QED) is 0.712. The fraction of sp³-hybridized carbons (Fsp3) is 0.176. The smallest absolute Gasteiger partial charge is 0.252 e. The third-order valence-electron chi connectivity index (χ3n) is 3.45. The lowest BCUT2D eigenvalue weighted by Gasteiger charge is -2.13. The normalized spacial score (nSPS) is 10.5. The molecular formula is C17H15FN2O4. The molecule has 124 valence electrons. The second-order valence-corrected chi connectivity index (χ2v) is 4.80. The fourth-order valence-electron chi connectivity index (χ4n) is 2.31. The highest BCUT2D eigenvalue weighted by Crippen LogP contribution is 2.44. The molecule has 0 atom stereocenters. The van der Waals surface area contributed by atoms with Gasteiger partial charge in [0.15, 0.2) is 11.5 Å². The highest BCUT2D eigenvalue weighted by Gasteiger charge is 2.21. The molecule has 0 spiro atoms. The molecule has 0 fully saturated rings. The van der Waals surface area contributed by atoms with Crippen molar-refractivity contribution in [2.75, 3.05) is 21.3 Å². The van der Waals surface area contributed by atoms with Gasteiger partial charge < -0.3 is 18.6 Å². The van der Waals surface area contributed by atoms with E-state index in [2.05, 4.69) is 10.2 Å². The summed E-state index contributed by atoms with van der Waals surface area (Å²) in [4.78, 5) is 0. The first-order chi connectivity index (χ1) is 11.7. The van der Waals surface area contributed by atoms with Crippen molar-refractivity contribution in [2.45, 2.75) is 0 Å². The summed E-state index contributed by atoms with van der Waals surface area (Å²) in [5.74, 6) is 1.58. The molecule has 7 heteroatoms. The number of ether oxygens (including phenoxy) is 3. The SMILES string of the molecule is COc1ccc(-c2nnc(-c3ccc(F)cc3)o2)c(OC)c1OC. The lowest BCUT2D eigenvalue weighted by molar-refractivity contribution is 0.324. The predicted octanol–water partition coefficient (Wildman–Crippen LogP) is 3.57. The number of methoxy groups -OCH3 is 3. The second kappa shape index (κ2) is 6.57. The summed E-state index contributed by atoms with van der Waals surface area (Å²) in [6.45, 7) is 0. The van der Waals surface area contributed by atoms with Crippen molar-refractivity contribution in [1.29, 1.82) is 0 Å². The number of aromatic nitrogens is 2. The largest absolute Gasteiger partial charge is 0.493 e. The van der Waals surface area contributed by atoms with E-state index in [1.807, 2.05) is 0 Å². The maximum Gasteiger partial charge on any atom is 0.252 e. The van der Waals surface area contributed by atoms with E-state index in [0.717, 1.165) is 0 Å². The number of nitrogens with zero attached hydrogens (tertiary/aromatic N) is 2. The minimum atomic E-state index is -0.333. The van der Waals surface area contributed by atoms with Crippen molar-refractivity contribution < 1.29 is 23.0 Å². The molecule has 0 bridgehead atoms. The van der Waals surface area contributed by atoms with Gasteiger partial charge in [-0.15, -0.1) is 10.2 Å². The maximum absolute atomic E-state index is 13.0. The molecule has 0 aliphatic rings. The van der Waals surface area contributed by atoms with Crippen molar-refractivity contribution in [1.82, 2.24) is 10.2 Å². The fourth-order valence-corrected chi connectivity index (χ4v) is 2.31. The number of rotatable bonds is 5. The van der Waals surface area contributed by atoms with Crippen LogP contribution in [0.15, 0.2) is 40.8 Å². The van der Waals surface area contributed by atoms with Gasteiger partial charge in [-0.1, -0.05) is 0 Å². The summed E-state index contributed by atoms with van der Waals surface area (Å²) < 4.78 is 34.7. The van der Waals surface area contributed by atoms with Gasteiger partial charge in [0, 0.05) is 5.56 Å². The van der Waals surface area contributed by atoms with Crippen LogP contribution in [0.5, 0.6) is 17.2 Å². The molecule has 0 aliphatic heterocycles. The molecule has 3 rings (SSSR count). The minimum Gasteiger partial charge on any atom is -0.493 e. The van der Waals surface area contributed by atoms with Crippen LogP contribution < -0.4 is 14.2 Å². The van der Waals surface area contributed by atoms with Crippen LogP contribution in [0.4, 0.5) is 4.39 Å². The molecule has 0 aliphatic carbocycles. The van der Waals surface area contributed by atoms with Gasteiger partial charge in [0.25, 0.3) is 5.89 Å². The van der Waals surface area contributed by atoms with E-state index in [4.69, 9.17) is 18.6 Å². The molecule has 0 amide bonds. The van der Waals surface area contributed by atoms with E-state index in [1.165, 1.54) is 33.5 Å². The van der Waals surface area contributed by atoms with Crippen LogP contribution in [0.3, 0.4) is 0 Å². The van der Waals surface area contributed by atoms with E-state index in [0.29, 0.717) is 28.4 Å². The predicted molar refractivity (Wildman–Crippen MR) is 84.8 cm³/mol. The Morgan fingerprint density at radius 2 is 1.46 bits per heavy atom. The van der Waals surface area contributed by atoms with Crippen molar-refractivity contribution in [3.8, 4) is 40.2 Å². The summed E-state index contributed by atoms with van der Waals surface area (Å²) in [6, 6.07) is 9.25. The molecule has 1 aromatic heterocycles. The molecule has 0 saturated carbocycles. The molecule has 0 radical (unpaired) electrons. The van der Waals surface area contributed by atoms with E-state index in [1.54, 1.807) is 24.3 Å². The summed E-state index contributed by atoms with van der Waals surface area (Å²) in [5, 5.41) is 8.04. The van der Waals surface area contributed by atoms with Gasteiger partial charge in [0.05, 0.1) is 26.9 Å². The molecule has 0 N–H and O–H groups in total. The zero-order valence-electron chi connectivity index (χ0n) is 13.4. The number of benzene rings is 2. The molecule has 0 unspecified atom stereocenters. The molecule has 1 heterocycles. The Bertz CT molecular complexity index is 846. The maximum atomic E-state index is 13.0. The molecule has 3 aromatic rings. The average molecular weight is 330 g/mol. The summed E-state index contributed by atoms with van der Waals surface area (Å²) in [7, 11) is 4.57.